The first-order valence-electron chi connectivity index (χ1n) is 10.2. The van der Waals surface area contributed by atoms with E-state index < -0.39 is 0 Å². The average molecular weight is 403 g/mol. The van der Waals surface area contributed by atoms with Crippen LogP contribution in [-0.4, -0.2) is 42.9 Å². The van der Waals surface area contributed by atoms with Crippen molar-refractivity contribution in [1.82, 2.24) is 10.2 Å². The first-order chi connectivity index (χ1) is 14.8. The Morgan fingerprint density at radius 3 is 2.83 bits per heavy atom. The maximum absolute atomic E-state index is 5.85. The van der Waals surface area contributed by atoms with E-state index in [-0.39, 0.29) is 12.9 Å². The Bertz CT molecular complexity index is 1060. The van der Waals surface area contributed by atoms with Gasteiger partial charge in [0.05, 0.1) is 6.10 Å². The highest BCUT2D eigenvalue weighted by Gasteiger charge is 2.18. The van der Waals surface area contributed by atoms with E-state index in [2.05, 4.69) is 21.4 Å². The van der Waals surface area contributed by atoms with Crippen LogP contribution in [0.15, 0.2) is 42.5 Å². The van der Waals surface area contributed by atoms with Crippen LogP contribution in [0, 0.1) is 12.3 Å². The van der Waals surface area contributed by atoms with Gasteiger partial charge in [0.15, 0.2) is 12.6 Å². The van der Waals surface area contributed by atoms with Gasteiger partial charge >= 0.3 is 0 Å². The molecule has 154 valence electrons. The monoisotopic (exact) mass is 403 g/mol. The van der Waals surface area contributed by atoms with Crippen molar-refractivity contribution in [3.8, 4) is 29.4 Å². The molecule has 6 heteroatoms. The Labute approximate surface area is 176 Å². The second-order valence-electron chi connectivity index (χ2n) is 7.07. The molecule has 1 N–H and O–H groups in total. The van der Waals surface area contributed by atoms with Crippen molar-refractivity contribution in [1.29, 1.82) is 0 Å². The molecule has 1 unspecified atom stereocenters. The largest absolute Gasteiger partial charge is 0.467 e. The molecular formula is C24H25N3O3. The van der Waals surface area contributed by atoms with Crippen molar-refractivity contribution in [3.63, 3.8) is 0 Å². The predicted octanol–water partition coefficient (Wildman–Crippen LogP) is 4.24. The van der Waals surface area contributed by atoms with Crippen molar-refractivity contribution >= 4 is 16.6 Å². The summed E-state index contributed by atoms with van der Waals surface area (Å²) in [5, 5.41) is 14.4. The first-order valence-corrected chi connectivity index (χ1v) is 10.2. The maximum atomic E-state index is 5.85. The minimum atomic E-state index is 0.143. The molecule has 1 atom stereocenters. The van der Waals surface area contributed by atoms with E-state index in [1.165, 1.54) is 0 Å². The zero-order chi connectivity index (χ0) is 20.8. The Morgan fingerprint density at radius 1 is 1.20 bits per heavy atom. The minimum absolute atomic E-state index is 0.143. The van der Waals surface area contributed by atoms with Crippen LogP contribution in [0.4, 0.5) is 5.82 Å². The van der Waals surface area contributed by atoms with Crippen molar-refractivity contribution < 1.29 is 14.2 Å². The van der Waals surface area contributed by atoms with Gasteiger partial charge in [0.1, 0.15) is 11.4 Å². The first kappa shape index (κ1) is 20.1. The van der Waals surface area contributed by atoms with Gasteiger partial charge < -0.3 is 19.5 Å². The number of fused-ring (bicyclic) bond motifs is 1. The highest BCUT2D eigenvalue weighted by atomic mass is 16.7. The summed E-state index contributed by atoms with van der Waals surface area (Å²) in [6.45, 7) is 4.18. The van der Waals surface area contributed by atoms with E-state index in [0.717, 1.165) is 59.4 Å². The SMILES string of the molecule is C#Cc1ccc(-c2nnc(NCC3CCCO3)c3ccccc23)c(OCOCC)c1. The summed E-state index contributed by atoms with van der Waals surface area (Å²) in [6.07, 6.45) is 7.97. The van der Waals surface area contributed by atoms with E-state index in [4.69, 9.17) is 20.6 Å². The number of anilines is 1. The molecule has 2 heterocycles. The molecule has 1 aliphatic rings. The van der Waals surface area contributed by atoms with Gasteiger partial charge in [0, 0.05) is 41.7 Å². The summed E-state index contributed by atoms with van der Waals surface area (Å²) in [6, 6.07) is 13.7. The quantitative estimate of drug-likeness (QED) is 0.345. The van der Waals surface area contributed by atoms with E-state index in [1.807, 2.05) is 49.4 Å². The lowest BCUT2D eigenvalue weighted by Gasteiger charge is -2.16. The maximum Gasteiger partial charge on any atom is 0.189 e. The molecule has 1 saturated heterocycles. The number of hydrogen-bond donors (Lipinski definition) is 1. The van der Waals surface area contributed by atoms with Gasteiger partial charge in [-0.1, -0.05) is 30.2 Å². The molecule has 0 amide bonds. The number of nitrogens with zero attached hydrogens (tertiary/aromatic N) is 2. The van der Waals surface area contributed by atoms with E-state index in [9.17, 15) is 0 Å². The fraction of sp³-hybridized carbons (Fsp3) is 0.333. The summed E-state index contributed by atoms with van der Waals surface area (Å²) < 4.78 is 16.9. The number of hydrogen-bond acceptors (Lipinski definition) is 6. The predicted molar refractivity (Wildman–Crippen MR) is 117 cm³/mol. The number of terminal acetylenes is 1. The third-order valence-corrected chi connectivity index (χ3v) is 5.11. The van der Waals surface area contributed by atoms with Crippen LogP contribution in [0.1, 0.15) is 25.3 Å². The van der Waals surface area contributed by atoms with Crippen molar-refractivity contribution in [2.45, 2.75) is 25.9 Å². The molecule has 0 radical (unpaired) electrons. The second-order valence-corrected chi connectivity index (χ2v) is 7.07. The average Bonchev–Trinajstić information content (AvgIpc) is 3.31. The third kappa shape index (κ3) is 4.38. The number of aromatic nitrogens is 2. The summed E-state index contributed by atoms with van der Waals surface area (Å²) in [5.41, 5.74) is 2.30. The van der Waals surface area contributed by atoms with Gasteiger partial charge in [-0.25, -0.2) is 0 Å². The van der Waals surface area contributed by atoms with Crippen LogP contribution in [0.5, 0.6) is 5.75 Å². The molecule has 2 aromatic carbocycles. The van der Waals surface area contributed by atoms with Crippen molar-refractivity contribution in [3.05, 3.63) is 48.0 Å². The molecule has 0 saturated carbocycles. The lowest BCUT2D eigenvalue weighted by atomic mass is 10.0. The van der Waals surface area contributed by atoms with Gasteiger partial charge in [-0.15, -0.1) is 16.6 Å². The molecule has 6 nitrogen and oxygen atoms in total. The van der Waals surface area contributed by atoms with Crippen LogP contribution in [0.3, 0.4) is 0 Å². The van der Waals surface area contributed by atoms with Gasteiger partial charge in [-0.2, -0.15) is 0 Å². The standard InChI is InChI=1S/C24H25N3O3/c1-3-17-11-12-21(22(14-17)30-16-28-4-2)23-19-9-5-6-10-20(19)24(27-26-23)25-15-18-8-7-13-29-18/h1,5-6,9-12,14,18H,4,7-8,13,15-16H2,2H3,(H,25,27). The second kappa shape index (κ2) is 9.57. The molecule has 4 rings (SSSR count). The van der Waals surface area contributed by atoms with Crippen molar-refractivity contribution in [2.75, 3.05) is 31.9 Å². The zero-order valence-corrected chi connectivity index (χ0v) is 17.1. The van der Waals surface area contributed by atoms with Crippen LogP contribution in [0.2, 0.25) is 0 Å². The van der Waals surface area contributed by atoms with Gasteiger partial charge in [-0.05, 0) is 38.0 Å². The topological polar surface area (TPSA) is 65.5 Å². The lowest BCUT2D eigenvalue weighted by molar-refractivity contribution is 0.0227. The zero-order valence-electron chi connectivity index (χ0n) is 17.1. The Hall–Kier alpha value is -3.14. The molecule has 0 aliphatic carbocycles. The fourth-order valence-corrected chi connectivity index (χ4v) is 3.56. The third-order valence-electron chi connectivity index (χ3n) is 5.11. The summed E-state index contributed by atoms with van der Waals surface area (Å²) in [7, 11) is 0. The highest BCUT2D eigenvalue weighted by Crippen LogP contribution is 2.35. The van der Waals surface area contributed by atoms with E-state index >= 15 is 0 Å². The molecule has 0 bridgehead atoms. The molecule has 1 fully saturated rings. The number of nitrogens with one attached hydrogen (secondary N) is 1. The highest BCUT2D eigenvalue weighted by molar-refractivity contribution is 6.00. The fourth-order valence-electron chi connectivity index (χ4n) is 3.56. The Morgan fingerprint density at radius 2 is 2.07 bits per heavy atom. The summed E-state index contributed by atoms with van der Waals surface area (Å²) >= 11 is 0. The van der Waals surface area contributed by atoms with Crippen molar-refractivity contribution in [2.24, 2.45) is 0 Å². The molecule has 1 aromatic heterocycles. The summed E-state index contributed by atoms with van der Waals surface area (Å²) in [5.74, 6) is 4.02. The molecule has 30 heavy (non-hydrogen) atoms. The smallest absolute Gasteiger partial charge is 0.189 e. The van der Waals surface area contributed by atoms with Crippen LogP contribution in [-0.2, 0) is 9.47 Å². The molecule has 3 aromatic rings. The van der Waals surface area contributed by atoms with Crippen LogP contribution >= 0.6 is 0 Å². The normalized spacial score (nSPS) is 15.8. The van der Waals surface area contributed by atoms with Gasteiger partial charge in [0.2, 0.25) is 0 Å². The lowest BCUT2D eigenvalue weighted by Crippen LogP contribution is -2.19. The molecule has 1 aliphatic heterocycles. The van der Waals surface area contributed by atoms with Crippen LogP contribution < -0.4 is 10.1 Å². The van der Waals surface area contributed by atoms with Gasteiger partial charge in [-0.3, -0.25) is 0 Å². The number of rotatable bonds is 8. The van der Waals surface area contributed by atoms with E-state index in [1.54, 1.807) is 0 Å². The Kier molecular flexibility index (Phi) is 6.43. The summed E-state index contributed by atoms with van der Waals surface area (Å²) in [4.78, 5) is 0. The van der Waals surface area contributed by atoms with Crippen LogP contribution in [0.25, 0.3) is 22.0 Å². The van der Waals surface area contributed by atoms with E-state index in [0.29, 0.717) is 12.4 Å². The van der Waals surface area contributed by atoms with Gasteiger partial charge in [0.25, 0.3) is 0 Å². The molecular weight excluding hydrogens is 378 g/mol. The number of ether oxygens (including phenoxy) is 3. The Balaban J connectivity index is 1.71. The number of benzene rings is 2. The molecule has 0 spiro atoms. The minimum Gasteiger partial charge on any atom is -0.467 e.